The number of hydrogen-bond donors (Lipinski definition) is 0. The minimum absolute atomic E-state index is 0.403. The number of pyridine rings is 1. The molecule has 1 aromatic heterocycles. The van der Waals surface area contributed by atoms with E-state index in [1.165, 1.54) is 45.1 Å². The lowest BCUT2D eigenvalue weighted by atomic mass is 9.90. The van der Waals surface area contributed by atoms with Crippen LogP contribution in [0, 0.1) is 5.92 Å². The second kappa shape index (κ2) is 10.7. The smallest absolute Gasteiger partial charge is 0.295 e. The molecule has 2 aliphatic rings. The first-order chi connectivity index (χ1) is 15.2. The average Bonchev–Trinajstić information content (AvgIpc) is 2.84. The topological polar surface area (TPSA) is 53.5 Å². The Hall–Kier alpha value is -2.53. The maximum atomic E-state index is 13.2. The number of Topliss-reactive ketones (excluding diaryl/α,β-unsaturated/α-hetero) is 1. The molecule has 1 atom stereocenters. The van der Waals surface area contributed by atoms with Gasteiger partial charge in [-0.1, -0.05) is 55.7 Å². The lowest BCUT2D eigenvalue weighted by Gasteiger charge is -2.41. The van der Waals surface area contributed by atoms with E-state index in [1.807, 2.05) is 18.2 Å². The molecule has 5 heteroatoms. The Balaban J connectivity index is 1.47. The van der Waals surface area contributed by atoms with Crippen molar-refractivity contribution in [2.75, 3.05) is 19.6 Å². The van der Waals surface area contributed by atoms with Gasteiger partial charge in [0.2, 0.25) is 5.78 Å². The van der Waals surface area contributed by atoms with Gasteiger partial charge in [-0.2, -0.15) is 0 Å². The second-order valence-corrected chi connectivity index (χ2v) is 9.04. The van der Waals surface area contributed by atoms with E-state index in [0.29, 0.717) is 30.6 Å². The summed E-state index contributed by atoms with van der Waals surface area (Å²) in [7, 11) is 0. The number of carbonyl (C=O) groups is 2. The number of likely N-dealkylation sites (tertiary alicyclic amines) is 1. The van der Waals surface area contributed by atoms with E-state index in [9.17, 15) is 9.59 Å². The van der Waals surface area contributed by atoms with Crippen molar-refractivity contribution >= 4 is 11.7 Å². The second-order valence-electron chi connectivity index (χ2n) is 9.04. The average molecular weight is 420 g/mol. The fraction of sp³-hybridized carbons (Fsp3) is 0.500. The molecule has 0 unspecified atom stereocenters. The molecule has 0 N–H and O–H groups in total. The highest BCUT2D eigenvalue weighted by Crippen LogP contribution is 2.28. The predicted molar refractivity (Wildman–Crippen MR) is 122 cm³/mol. The van der Waals surface area contributed by atoms with E-state index in [2.05, 4.69) is 9.88 Å². The molecule has 5 nitrogen and oxygen atoms in total. The van der Waals surface area contributed by atoms with E-state index in [0.717, 1.165) is 18.5 Å². The van der Waals surface area contributed by atoms with Crippen LogP contribution in [0.5, 0.6) is 0 Å². The van der Waals surface area contributed by atoms with Crippen LogP contribution in [-0.2, 0) is 11.3 Å². The number of hydrogen-bond acceptors (Lipinski definition) is 4. The van der Waals surface area contributed by atoms with Crippen LogP contribution in [0.25, 0.3) is 0 Å². The number of aromatic nitrogens is 1. The molecular weight excluding hydrogens is 386 g/mol. The fourth-order valence-electron chi connectivity index (χ4n) is 5.12. The summed E-state index contributed by atoms with van der Waals surface area (Å²) in [5, 5.41) is 0. The van der Waals surface area contributed by atoms with Crippen LogP contribution in [0.3, 0.4) is 0 Å². The first-order valence-electron chi connectivity index (χ1n) is 11.7. The molecule has 1 saturated carbocycles. The van der Waals surface area contributed by atoms with Crippen LogP contribution in [0.4, 0.5) is 0 Å². The van der Waals surface area contributed by atoms with Gasteiger partial charge >= 0.3 is 0 Å². The van der Waals surface area contributed by atoms with Gasteiger partial charge in [0.15, 0.2) is 0 Å². The first-order valence-corrected chi connectivity index (χ1v) is 11.7. The number of piperidine rings is 1. The Kier molecular flexibility index (Phi) is 7.47. The van der Waals surface area contributed by atoms with Crippen LogP contribution >= 0.6 is 0 Å². The Bertz CT molecular complexity index is 849. The summed E-state index contributed by atoms with van der Waals surface area (Å²) in [5.74, 6) is -0.436. The van der Waals surface area contributed by atoms with E-state index >= 15 is 0 Å². The molecule has 164 valence electrons. The van der Waals surface area contributed by atoms with Crippen LogP contribution in [0.15, 0.2) is 54.9 Å². The standard InChI is InChI=1S/C26H33N3O2/c30-25(23-11-3-1-4-12-23)26(31)29(18-21-9-7-15-27-17-21)20-22-10-8-16-28(19-22)24-13-5-2-6-14-24/h1,3-4,7,9,11-12,15,17,22,24H,2,5-6,8,10,13-14,16,18-20H2/t22-/m1/s1. The van der Waals surface area contributed by atoms with E-state index in [-0.39, 0.29) is 0 Å². The quantitative estimate of drug-likeness (QED) is 0.495. The largest absolute Gasteiger partial charge is 0.331 e. The van der Waals surface area contributed by atoms with Gasteiger partial charge in [0.1, 0.15) is 0 Å². The van der Waals surface area contributed by atoms with Crippen LogP contribution in [-0.4, -0.2) is 52.2 Å². The zero-order valence-corrected chi connectivity index (χ0v) is 18.3. The molecule has 1 saturated heterocycles. The predicted octanol–water partition coefficient (Wildman–Crippen LogP) is 4.34. The molecule has 0 spiro atoms. The molecule has 4 rings (SSSR count). The summed E-state index contributed by atoms with van der Waals surface area (Å²) < 4.78 is 0. The summed E-state index contributed by atoms with van der Waals surface area (Å²) in [4.78, 5) is 34.8. The maximum absolute atomic E-state index is 13.2. The SMILES string of the molecule is O=C(C(=O)N(Cc1cccnc1)C[C@@H]1CCCN(C2CCCCC2)C1)c1ccccc1. The Morgan fingerprint density at radius 1 is 0.968 bits per heavy atom. The van der Waals surface area contributed by atoms with Gasteiger partial charge in [0.05, 0.1) is 0 Å². The number of ketones is 1. The van der Waals surface area contributed by atoms with Crippen LogP contribution in [0.1, 0.15) is 60.9 Å². The van der Waals surface area contributed by atoms with Crippen molar-refractivity contribution in [2.24, 2.45) is 5.92 Å². The highest BCUT2D eigenvalue weighted by molar-refractivity contribution is 6.42. The van der Waals surface area contributed by atoms with Crippen LogP contribution < -0.4 is 0 Å². The lowest BCUT2D eigenvalue weighted by Crippen LogP contribution is -2.48. The number of amides is 1. The number of benzene rings is 1. The summed E-state index contributed by atoms with van der Waals surface area (Å²) in [6.45, 7) is 3.24. The van der Waals surface area contributed by atoms with E-state index in [4.69, 9.17) is 0 Å². The Morgan fingerprint density at radius 3 is 2.52 bits per heavy atom. The van der Waals surface area contributed by atoms with Gasteiger partial charge in [-0.15, -0.1) is 0 Å². The number of nitrogens with zero attached hydrogens (tertiary/aromatic N) is 3. The summed E-state index contributed by atoms with van der Waals surface area (Å²) in [6.07, 6.45) is 12.4. The minimum Gasteiger partial charge on any atom is -0.331 e. The van der Waals surface area contributed by atoms with E-state index < -0.39 is 11.7 Å². The Labute approximate surface area is 185 Å². The molecule has 1 aromatic carbocycles. The van der Waals surface area contributed by atoms with Crippen molar-refractivity contribution in [2.45, 2.75) is 57.5 Å². The highest BCUT2D eigenvalue weighted by atomic mass is 16.2. The molecule has 2 fully saturated rings. The zero-order chi connectivity index (χ0) is 21.5. The normalized spacial score (nSPS) is 20.3. The third kappa shape index (κ3) is 5.79. The fourth-order valence-corrected chi connectivity index (χ4v) is 5.12. The molecule has 31 heavy (non-hydrogen) atoms. The van der Waals surface area contributed by atoms with Gasteiger partial charge in [-0.05, 0) is 49.8 Å². The van der Waals surface area contributed by atoms with Crippen molar-refractivity contribution in [1.82, 2.24) is 14.8 Å². The molecule has 1 amide bonds. The van der Waals surface area contributed by atoms with E-state index in [1.54, 1.807) is 41.6 Å². The third-order valence-electron chi connectivity index (χ3n) is 6.73. The molecule has 1 aliphatic carbocycles. The summed E-state index contributed by atoms with van der Waals surface area (Å²) >= 11 is 0. The van der Waals surface area contributed by atoms with Crippen LogP contribution in [0.2, 0.25) is 0 Å². The third-order valence-corrected chi connectivity index (χ3v) is 6.73. The van der Waals surface area contributed by atoms with Crippen molar-refractivity contribution < 1.29 is 9.59 Å². The summed E-state index contributed by atoms with van der Waals surface area (Å²) in [5.41, 5.74) is 1.41. The lowest BCUT2D eigenvalue weighted by molar-refractivity contribution is -0.128. The number of carbonyl (C=O) groups excluding carboxylic acids is 2. The molecular formula is C26H33N3O2. The molecule has 2 heterocycles. The van der Waals surface area contributed by atoms with Crippen molar-refractivity contribution in [3.63, 3.8) is 0 Å². The summed E-state index contributed by atoms with van der Waals surface area (Å²) in [6, 6.07) is 13.4. The van der Waals surface area contributed by atoms with Crippen molar-refractivity contribution in [3.8, 4) is 0 Å². The van der Waals surface area contributed by atoms with Gasteiger partial charge in [-0.25, -0.2) is 0 Å². The molecule has 2 aromatic rings. The van der Waals surface area contributed by atoms with Gasteiger partial charge in [0, 0.05) is 43.6 Å². The first kappa shape index (κ1) is 21.7. The van der Waals surface area contributed by atoms with Gasteiger partial charge in [0.25, 0.3) is 5.91 Å². The minimum atomic E-state index is -0.426. The van der Waals surface area contributed by atoms with Crippen molar-refractivity contribution in [3.05, 3.63) is 66.0 Å². The molecule has 0 radical (unpaired) electrons. The molecule has 1 aliphatic heterocycles. The monoisotopic (exact) mass is 419 g/mol. The number of rotatable bonds is 7. The Morgan fingerprint density at radius 2 is 1.77 bits per heavy atom. The van der Waals surface area contributed by atoms with Gasteiger partial charge < -0.3 is 9.80 Å². The molecule has 0 bridgehead atoms. The maximum Gasteiger partial charge on any atom is 0.295 e. The zero-order valence-electron chi connectivity index (χ0n) is 18.3. The highest BCUT2D eigenvalue weighted by Gasteiger charge is 2.31. The van der Waals surface area contributed by atoms with Gasteiger partial charge in [-0.3, -0.25) is 14.6 Å². The van der Waals surface area contributed by atoms with Crippen molar-refractivity contribution in [1.29, 1.82) is 0 Å².